The molecule has 5 heteroatoms. The summed E-state index contributed by atoms with van der Waals surface area (Å²) >= 11 is 0. The maximum absolute atomic E-state index is 10.7. The lowest BCUT2D eigenvalue weighted by Gasteiger charge is -2.43. The fourth-order valence-corrected chi connectivity index (χ4v) is 11.3. The quantitative estimate of drug-likeness (QED) is 0.107. The first kappa shape index (κ1) is 22.5. The monoisotopic (exact) mass is 1210 g/mol. The number of ether oxygens (including phenoxy) is 1. The summed E-state index contributed by atoms with van der Waals surface area (Å²) < 4.78 is 539. The molecule has 0 amide bonds. The van der Waals surface area contributed by atoms with Crippen molar-refractivity contribution in [3.05, 3.63) is 221 Å². The molecule has 1 atom stereocenters. The van der Waals surface area contributed by atoms with Gasteiger partial charge in [-0.3, -0.25) is 13.7 Å². The van der Waals surface area contributed by atoms with Gasteiger partial charge in [-0.2, -0.15) is 0 Å². The molecule has 3 heterocycles. The highest BCUT2D eigenvalue weighted by Gasteiger charge is 2.41. The number of hydrogen-bond donors (Lipinski definition) is 0. The van der Waals surface area contributed by atoms with E-state index in [2.05, 4.69) is 6.33 Å². The molecule has 0 aliphatic heterocycles. The molecule has 3 aromatic heterocycles. The third-order valence-corrected chi connectivity index (χ3v) is 15.9. The Kier molecular flexibility index (Phi) is 5.17. The van der Waals surface area contributed by atoms with Crippen LogP contribution in [0.25, 0.3) is 83.4 Å². The van der Waals surface area contributed by atoms with Crippen molar-refractivity contribution in [2.45, 2.75) is 186 Å². The maximum atomic E-state index is 10.7. The average molecular weight is 1210 g/mol. The highest BCUT2D eigenvalue weighted by Crippen LogP contribution is 2.52. The lowest BCUT2D eigenvalue weighted by Crippen LogP contribution is -2.35. The Labute approximate surface area is 602 Å². The van der Waals surface area contributed by atoms with Crippen LogP contribution in [0.3, 0.4) is 0 Å². The first-order valence-corrected chi connectivity index (χ1v) is 27.5. The smallest absolute Gasteiger partial charge is 0.269 e. The molecule has 1 unspecified atom stereocenters. The minimum absolute atomic E-state index is 0.0326. The first-order valence-electron chi connectivity index (χ1n) is 55.5. The van der Waals surface area contributed by atoms with E-state index < -0.39 is 296 Å². The summed E-state index contributed by atoms with van der Waals surface area (Å²) in [5.74, 6) is 0.259. The number of rotatable bonds is 9. The van der Waals surface area contributed by atoms with Gasteiger partial charge in [0.05, 0.1) is 45.8 Å². The fraction of sp³-hybridized carbons (Fsp3) is 0.349. The van der Waals surface area contributed by atoms with Gasteiger partial charge >= 0.3 is 0 Å². The third-order valence-electron chi connectivity index (χ3n) is 15.9. The average Bonchev–Trinajstić information content (AvgIpc) is 0.660. The van der Waals surface area contributed by atoms with Crippen LogP contribution >= 0.6 is 0 Å². The Hall–Kier alpha value is -8.02. The molecule has 3 aliphatic rings. The van der Waals surface area contributed by atoms with Gasteiger partial charge < -0.3 is 4.74 Å². The van der Waals surface area contributed by atoms with Crippen molar-refractivity contribution in [1.82, 2.24) is 14.1 Å². The largest absolute Gasteiger partial charge is 0.458 e. The van der Waals surface area contributed by atoms with Gasteiger partial charge in [-0.1, -0.05) is 212 Å². The Bertz CT molecular complexity index is 6890. The van der Waals surface area contributed by atoms with Crippen molar-refractivity contribution in [1.29, 1.82) is 0 Å². The summed E-state index contributed by atoms with van der Waals surface area (Å²) in [6.45, 7) is -45.2. The molecular weight excluding hydrogens is 1070 g/mol. The van der Waals surface area contributed by atoms with Gasteiger partial charge in [0.25, 0.3) is 6.33 Å². The summed E-state index contributed by atoms with van der Waals surface area (Å²) in [6.07, 6.45) is -29.0. The van der Waals surface area contributed by atoms with E-state index in [4.69, 9.17) is 38.5 Å². The number of nitrogens with zero attached hydrogens (tertiary/aromatic N) is 4. The zero-order valence-electron chi connectivity index (χ0n) is 103. The number of pyridine rings is 1. The molecule has 0 saturated carbocycles. The van der Waals surface area contributed by atoms with E-state index in [1.54, 1.807) is 36.5 Å². The molecule has 0 saturated heterocycles. The predicted molar refractivity (Wildman–Crippen MR) is 368 cm³/mol. The summed E-state index contributed by atoms with van der Waals surface area (Å²) in [6, 6.07) is 8.41. The molecule has 11 aromatic rings. The van der Waals surface area contributed by atoms with Crippen molar-refractivity contribution in [3.63, 3.8) is 0 Å². The number of benzene rings is 8. The molecule has 0 bridgehead atoms. The van der Waals surface area contributed by atoms with E-state index in [1.807, 2.05) is 49.6 Å². The topological polar surface area (TPSA) is 35.9 Å². The molecule has 446 valence electrons. The van der Waals surface area contributed by atoms with Crippen LogP contribution in [0.1, 0.15) is 263 Å². The molecule has 0 N–H and O–H groups in total. The van der Waals surface area contributed by atoms with Crippen LogP contribution < -0.4 is 9.30 Å². The first-order chi connectivity index (χ1) is 64.6. The second-order valence-corrected chi connectivity index (χ2v) is 23.0. The summed E-state index contributed by atoms with van der Waals surface area (Å²) in [7, 11) is 0. The number of imidazole rings is 1. The van der Waals surface area contributed by atoms with Crippen molar-refractivity contribution >= 4 is 32.8 Å². The lowest BCUT2D eigenvalue weighted by molar-refractivity contribution is -0.571. The van der Waals surface area contributed by atoms with E-state index in [1.165, 1.54) is 24.3 Å². The minimum atomic E-state index is -5.06. The van der Waals surface area contributed by atoms with Crippen molar-refractivity contribution in [2.75, 3.05) is 0 Å². The van der Waals surface area contributed by atoms with Gasteiger partial charge in [-0.25, -0.2) is 4.98 Å². The number of fused-ring (bicyclic) bond motifs is 7. The lowest BCUT2D eigenvalue weighted by atomic mass is 9.61. The van der Waals surface area contributed by atoms with Crippen molar-refractivity contribution in [2.24, 2.45) is 0 Å². The molecule has 88 heavy (non-hydrogen) atoms. The number of hydrogen-bond acceptors (Lipinski definition) is 2. The van der Waals surface area contributed by atoms with Gasteiger partial charge in [0.1, 0.15) is 17.3 Å². The molecule has 14 rings (SSSR count). The Morgan fingerprint density at radius 1 is 0.545 bits per heavy atom. The molecule has 0 fully saturated rings. The van der Waals surface area contributed by atoms with Crippen LogP contribution in [0.15, 0.2) is 176 Å². The minimum Gasteiger partial charge on any atom is -0.458 e. The van der Waals surface area contributed by atoms with Gasteiger partial charge in [-0.15, -0.1) is 0 Å². The normalized spacial score (nSPS) is 33.4. The van der Waals surface area contributed by atoms with Gasteiger partial charge in [0.2, 0.25) is 0 Å². The molecule has 0 radical (unpaired) electrons. The van der Waals surface area contributed by atoms with Crippen LogP contribution in [0.2, 0.25) is 0 Å². The highest BCUT2D eigenvalue weighted by molar-refractivity contribution is 6.09. The van der Waals surface area contributed by atoms with E-state index >= 15 is 0 Å². The molecule has 0 spiro atoms. The second-order valence-electron chi connectivity index (χ2n) is 23.0. The van der Waals surface area contributed by atoms with E-state index in [9.17, 15) is 48.0 Å². The maximum Gasteiger partial charge on any atom is 0.269 e. The van der Waals surface area contributed by atoms with Gasteiger partial charge in [-0.05, 0) is 209 Å². The zero-order valence-corrected chi connectivity index (χ0v) is 47.2. The van der Waals surface area contributed by atoms with Crippen LogP contribution in [-0.2, 0) is 37.9 Å². The summed E-state index contributed by atoms with van der Waals surface area (Å²) in [5.41, 5.74) is -49.9. The Balaban J connectivity index is 1.25. The van der Waals surface area contributed by atoms with Gasteiger partial charge in [0, 0.05) is 87.5 Å². The number of aromatic nitrogens is 4. The van der Waals surface area contributed by atoms with Crippen molar-refractivity contribution in [3.8, 4) is 62.1 Å². The van der Waals surface area contributed by atoms with Crippen LogP contribution in [0, 0.1) is 6.33 Å². The molecular formula is C83H88N4O. The molecule has 3 aliphatic carbocycles. The van der Waals surface area contributed by atoms with Crippen LogP contribution in [0.5, 0.6) is 11.5 Å². The standard InChI is InChI=1S/C83H88N4O/c1-16-83(15)43-42-82(13,14)70-47-56(29-35-67(70)83)62-25-20-24-61(55-28-34-66-69(46-55)81(11,12)41-39-79(66,7)8)76(62)86-52-85(74-48-54(30-36-72(74)86)53-27-33-65-68(45-53)80(9,10)40-38-78(65,5)6)58-21-19-22-59(50-58)88-60-31-32-64-63-23-17-18-26-71(63)87(73(64)51-60)75-49-57(37-44-84-75)77(2,3)4/h17-37,44-51H,16,38-43H2,1-15H3/i5D3,6D3,7D3,8D3,9D3,10D3,11D3,12D3,13D3,14D3,15D3,16D2,27D,28D,29D,33D,34D,35D,38D2,39D2,40D2,41D2,42D2,43D2,45D,46D,47D. The van der Waals surface area contributed by atoms with Gasteiger partial charge in [0.15, 0.2) is 0 Å². The predicted octanol–water partition coefficient (Wildman–Crippen LogP) is 21.7. The van der Waals surface area contributed by atoms with Crippen LogP contribution in [-0.4, -0.2) is 14.1 Å². The van der Waals surface area contributed by atoms with Crippen LogP contribution in [0.4, 0.5) is 0 Å². The zero-order chi connectivity index (χ0) is 110. The highest BCUT2D eigenvalue weighted by atomic mass is 16.5. The van der Waals surface area contributed by atoms with Crippen molar-refractivity contribution < 1.29 is 86.1 Å². The summed E-state index contributed by atoms with van der Waals surface area (Å²) in [5, 5.41) is 1.38. The molecule has 8 aromatic carbocycles. The second kappa shape index (κ2) is 20.3. The Morgan fingerprint density at radius 3 is 1.77 bits per heavy atom. The van der Waals surface area contributed by atoms with E-state index in [0.717, 1.165) is 39.8 Å². The van der Waals surface area contributed by atoms with E-state index in [0.29, 0.717) is 45.9 Å². The molecule has 5 nitrogen and oxygen atoms in total. The summed E-state index contributed by atoms with van der Waals surface area (Å²) in [4.78, 5) is 4.75. The SMILES string of the molecule is [2H]c1c([2H])c2c(c([2H])c1-c1ccc3c(c1)n(-c1cccc(Oc4ccc5c6ccccc6n(-c6cc(C(C)(C)C)ccn6)c5c4)c1)[c-][n+]3-c1c(-c3c([2H])c([2H])c4c(c3[2H])C(C([2H])([2H])[2H])(C([2H])([2H])[2H])C([2H])([2H])C([2H])([2H])C4(C([2H])([2H])[2H])C([2H])([2H])[2H])cccc1-c1c([2H])c([2H])c3c(c1[2H])C(C([2H])([2H])[2H])(C([2H])([2H])[2H])C([2H])([2H])C([2H])([2H])C3(C([2H])([2H])[2H])C([2H])([2H])C)C(C([2H])([2H])[2H])(C([2H])([2H])[2H])C([2H])([2H])C([2H])([2H])C2(C([2H])([2H])[2H])C([2H])([2H])[2H]. The van der Waals surface area contributed by atoms with E-state index in [-0.39, 0.29) is 17.2 Å². The number of para-hydroxylation sites is 2. The third kappa shape index (κ3) is 9.55. The fourth-order valence-electron chi connectivity index (χ4n) is 11.3. The Morgan fingerprint density at radius 2 is 1.12 bits per heavy atom.